The van der Waals surface area contributed by atoms with Gasteiger partial charge in [-0.05, 0) is 24.6 Å². The molecule has 25 heavy (non-hydrogen) atoms. The monoisotopic (exact) mass is 350 g/mol. The molecular weight excluding hydrogens is 336 g/mol. The van der Waals surface area contributed by atoms with Crippen molar-refractivity contribution < 1.29 is 14.7 Å². The Kier molecular flexibility index (Phi) is 3.62. The normalized spacial score (nSPS) is 17.6. The molecule has 1 aliphatic rings. The molecule has 3 aromatic rings. The van der Waals surface area contributed by atoms with Gasteiger partial charge >= 0.3 is 0 Å². The summed E-state index contributed by atoms with van der Waals surface area (Å²) in [4.78, 5) is 30.8. The molecule has 1 N–H and O–H groups in total. The van der Waals surface area contributed by atoms with Gasteiger partial charge in [-0.25, -0.2) is 4.98 Å². The van der Waals surface area contributed by atoms with Gasteiger partial charge in [-0.15, -0.1) is 0 Å². The molecule has 0 spiro atoms. The van der Waals surface area contributed by atoms with Crippen molar-refractivity contribution in [2.75, 3.05) is 4.90 Å². The van der Waals surface area contributed by atoms with Crippen LogP contribution in [0.4, 0.5) is 5.13 Å². The Morgan fingerprint density at radius 1 is 1.12 bits per heavy atom. The van der Waals surface area contributed by atoms with Crippen LogP contribution in [0.3, 0.4) is 0 Å². The van der Waals surface area contributed by atoms with E-state index in [1.165, 1.54) is 23.2 Å². The number of rotatable bonds is 3. The Labute approximate surface area is 147 Å². The quantitative estimate of drug-likeness (QED) is 0.780. The molecule has 4 rings (SSSR count). The van der Waals surface area contributed by atoms with Crippen molar-refractivity contribution in [2.45, 2.75) is 13.0 Å². The van der Waals surface area contributed by atoms with E-state index in [2.05, 4.69) is 4.98 Å². The smallest absolute Gasteiger partial charge is 0.296 e. The first-order valence-electron chi connectivity index (χ1n) is 7.76. The van der Waals surface area contributed by atoms with Crippen molar-refractivity contribution in [3.63, 3.8) is 0 Å². The fourth-order valence-corrected chi connectivity index (χ4v) is 4.07. The second-order valence-corrected chi connectivity index (χ2v) is 6.78. The number of carbonyl (C=O) groups is 2. The average Bonchev–Trinajstić information content (AvgIpc) is 3.15. The third-order valence-corrected chi connectivity index (χ3v) is 5.23. The highest BCUT2D eigenvalue weighted by Gasteiger charge is 2.44. The zero-order valence-electron chi connectivity index (χ0n) is 13.3. The van der Waals surface area contributed by atoms with Crippen LogP contribution < -0.4 is 4.90 Å². The highest BCUT2D eigenvalue weighted by molar-refractivity contribution is 7.22. The SMILES string of the molecule is CC(=O)C1=C(O)C(=O)N(c2nc3ccccc3s2)[C@H]1c1ccccc1. The Hall–Kier alpha value is -2.99. The molecule has 6 heteroatoms. The number of Topliss-reactive ketones (excluding diaryl/α,β-unsaturated/α-hetero) is 1. The van der Waals surface area contributed by atoms with Crippen LogP contribution >= 0.6 is 11.3 Å². The number of para-hydroxylation sites is 1. The number of anilines is 1. The van der Waals surface area contributed by atoms with Crippen LogP contribution in [0, 0.1) is 0 Å². The summed E-state index contributed by atoms with van der Waals surface area (Å²) in [5, 5.41) is 10.8. The van der Waals surface area contributed by atoms with Crippen LogP contribution in [-0.2, 0) is 9.59 Å². The molecule has 0 saturated carbocycles. The van der Waals surface area contributed by atoms with Gasteiger partial charge in [0.1, 0.15) is 0 Å². The summed E-state index contributed by atoms with van der Waals surface area (Å²) in [6.07, 6.45) is 0. The van der Waals surface area contributed by atoms with E-state index in [1.807, 2.05) is 54.6 Å². The third-order valence-electron chi connectivity index (χ3n) is 4.19. The lowest BCUT2D eigenvalue weighted by atomic mass is 9.97. The van der Waals surface area contributed by atoms with Crippen molar-refractivity contribution in [1.29, 1.82) is 0 Å². The van der Waals surface area contributed by atoms with Gasteiger partial charge in [0, 0.05) is 0 Å². The van der Waals surface area contributed by atoms with E-state index in [4.69, 9.17) is 0 Å². The molecule has 0 unspecified atom stereocenters. The van der Waals surface area contributed by atoms with Gasteiger partial charge < -0.3 is 5.11 Å². The maximum absolute atomic E-state index is 12.7. The molecule has 1 amide bonds. The number of hydrogen-bond acceptors (Lipinski definition) is 5. The molecule has 0 radical (unpaired) electrons. The van der Waals surface area contributed by atoms with E-state index in [-0.39, 0.29) is 11.4 Å². The molecule has 2 heterocycles. The summed E-state index contributed by atoms with van der Waals surface area (Å²) in [5.41, 5.74) is 1.64. The second kappa shape index (κ2) is 5.82. The number of ketones is 1. The zero-order valence-corrected chi connectivity index (χ0v) is 14.2. The Balaban J connectivity index is 1.90. The number of nitrogens with zero attached hydrogens (tertiary/aromatic N) is 2. The summed E-state index contributed by atoms with van der Waals surface area (Å²) < 4.78 is 0.938. The number of aliphatic hydroxyl groups is 1. The van der Waals surface area contributed by atoms with Gasteiger partial charge in [-0.1, -0.05) is 53.8 Å². The van der Waals surface area contributed by atoms with E-state index in [9.17, 15) is 14.7 Å². The number of carbonyl (C=O) groups excluding carboxylic acids is 2. The minimum atomic E-state index is -0.674. The fourth-order valence-electron chi connectivity index (χ4n) is 3.08. The van der Waals surface area contributed by atoms with Crippen LogP contribution in [-0.4, -0.2) is 21.8 Å². The molecule has 1 aliphatic heterocycles. The van der Waals surface area contributed by atoms with Crippen LogP contribution in [0.15, 0.2) is 65.9 Å². The molecule has 0 fully saturated rings. The predicted molar refractivity (Wildman–Crippen MR) is 96.6 cm³/mol. The highest BCUT2D eigenvalue weighted by atomic mass is 32.1. The highest BCUT2D eigenvalue weighted by Crippen LogP contribution is 2.43. The largest absolute Gasteiger partial charge is 0.503 e. The van der Waals surface area contributed by atoms with Crippen LogP contribution in [0.25, 0.3) is 10.2 Å². The summed E-state index contributed by atoms with van der Waals surface area (Å²) in [7, 11) is 0. The predicted octanol–water partition coefficient (Wildman–Crippen LogP) is 3.79. The number of hydrogen-bond donors (Lipinski definition) is 1. The number of benzene rings is 2. The maximum atomic E-state index is 12.7. The van der Waals surface area contributed by atoms with Gasteiger partial charge in [0.2, 0.25) is 0 Å². The lowest BCUT2D eigenvalue weighted by Gasteiger charge is -2.24. The van der Waals surface area contributed by atoms with Crippen LogP contribution in [0.1, 0.15) is 18.5 Å². The average molecular weight is 350 g/mol. The van der Waals surface area contributed by atoms with Gasteiger partial charge in [-0.3, -0.25) is 14.5 Å². The van der Waals surface area contributed by atoms with E-state index in [1.54, 1.807) is 0 Å². The molecule has 0 bridgehead atoms. The standard InChI is InChI=1S/C19H14N2O3S/c1-11(22)15-16(12-7-3-2-4-8-12)21(18(24)17(15)23)19-20-13-9-5-6-10-14(13)25-19/h2-10,16,23H,1H3/t16-/m0/s1. The first-order chi connectivity index (χ1) is 12.1. The summed E-state index contributed by atoms with van der Waals surface area (Å²) in [5.74, 6) is -1.43. The zero-order chi connectivity index (χ0) is 17.6. The first-order valence-corrected chi connectivity index (χ1v) is 8.57. The van der Waals surface area contributed by atoms with Crippen LogP contribution in [0.5, 0.6) is 0 Å². The number of amides is 1. The topological polar surface area (TPSA) is 70.5 Å². The molecule has 5 nitrogen and oxygen atoms in total. The number of fused-ring (bicyclic) bond motifs is 1. The minimum Gasteiger partial charge on any atom is -0.503 e. The Bertz CT molecular complexity index is 990. The molecule has 2 aromatic carbocycles. The number of aliphatic hydroxyl groups excluding tert-OH is 1. The van der Waals surface area contributed by atoms with Gasteiger partial charge in [-0.2, -0.15) is 0 Å². The third kappa shape index (κ3) is 2.42. The molecule has 1 atom stereocenters. The Morgan fingerprint density at radius 2 is 1.80 bits per heavy atom. The number of aromatic nitrogens is 1. The van der Waals surface area contributed by atoms with Crippen molar-refractivity contribution in [3.8, 4) is 0 Å². The molecule has 0 aliphatic carbocycles. The van der Waals surface area contributed by atoms with E-state index >= 15 is 0 Å². The molecule has 1 aromatic heterocycles. The van der Waals surface area contributed by atoms with Gasteiger partial charge in [0.25, 0.3) is 5.91 Å². The van der Waals surface area contributed by atoms with Crippen molar-refractivity contribution in [3.05, 3.63) is 71.5 Å². The van der Waals surface area contributed by atoms with E-state index in [0.29, 0.717) is 5.13 Å². The van der Waals surface area contributed by atoms with Gasteiger partial charge in [0.05, 0.1) is 21.8 Å². The molecule has 124 valence electrons. The first kappa shape index (κ1) is 15.5. The Morgan fingerprint density at radius 3 is 2.48 bits per heavy atom. The lowest BCUT2D eigenvalue weighted by molar-refractivity contribution is -0.117. The second-order valence-electron chi connectivity index (χ2n) is 5.77. The van der Waals surface area contributed by atoms with E-state index < -0.39 is 17.7 Å². The minimum absolute atomic E-state index is 0.107. The van der Waals surface area contributed by atoms with Crippen LogP contribution in [0.2, 0.25) is 0 Å². The van der Waals surface area contributed by atoms with Crippen molar-refractivity contribution >= 4 is 38.4 Å². The summed E-state index contributed by atoms with van der Waals surface area (Å²) in [6.45, 7) is 1.36. The summed E-state index contributed by atoms with van der Waals surface area (Å²) in [6, 6.07) is 16.1. The number of thiazole rings is 1. The fraction of sp³-hybridized carbons (Fsp3) is 0.105. The van der Waals surface area contributed by atoms with Gasteiger partial charge in [0.15, 0.2) is 16.7 Å². The van der Waals surface area contributed by atoms with Crippen molar-refractivity contribution in [2.24, 2.45) is 0 Å². The molecule has 0 saturated heterocycles. The summed E-state index contributed by atoms with van der Waals surface area (Å²) >= 11 is 1.36. The maximum Gasteiger partial charge on any atom is 0.296 e. The molecular formula is C19H14N2O3S. The lowest BCUT2D eigenvalue weighted by Crippen LogP contribution is -2.30. The van der Waals surface area contributed by atoms with Crippen molar-refractivity contribution in [1.82, 2.24) is 4.98 Å². The van der Waals surface area contributed by atoms with E-state index in [0.717, 1.165) is 15.8 Å².